The van der Waals surface area contributed by atoms with Crippen molar-refractivity contribution in [2.24, 2.45) is 0 Å². The molecule has 6 heteroatoms. The Morgan fingerprint density at radius 3 is 2.71 bits per heavy atom. The molecule has 0 aliphatic heterocycles. The summed E-state index contributed by atoms with van der Waals surface area (Å²) in [5.74, 6) is 0.442. The molecule has 0 saturated heterocycles. The van der Waals surface area contributed by atoms with Gasteiger partial charge >= 0.3 is 5.97 Å². The molecular formula is C18H27N3O3+2. The first kappa shape index (κ1) is 18.0. The van der Waals surface area contributed by atoms with Crippen LogP contribution in [-0.2, 0) is 4.74 Å². The molecule has 130 valence electrons. The van der Waals surface area contributed by atoms with Gasteiger partial charge in [0, 0.05) is 6.07 Å². The molecule has 3 N–H and O–H groups in total. The van der Waals surface area contributed by atoms with Crippen LogP contribution in [0.2, 0.25) is 0 Å². The van der Waals surface area contributed by atoms with Gasteiger partial charge in [-0.3, -0.25) is 0 Å². The Bertz CT molecular complexity index is 701. The molecule has 24 heavy (non-hydrogen) atoms. The van der Waals surface area contributed by atoms with E-state index in [1.165, 1.54) is 4.90 Å². The zero-order valence-corrected chi connectivity index (χ0v) is 14.9. The van der Waals surface area contributed by atoms with E-state index in [1.807, 2.05) is 25.1 Å². The summed E-state index contributed by atoms with van der Waals surface area (Å²) in [4.78, 5) is 16.8. The molecule has 1 aromatic carbocycles. The van der Waals surface area contributed by atoms with Gasteiger partial charge in [0.25, 0.3) is 0 Å². The number of ether oxygens (including phenoxy) is 2. The van der Waals surface area contributed by atoms with Crippen molar-refractivity contribution in [2.75, 3.05) is 45.7 Å². The van der Waals surface area contributed by atoms with Gasteiger partial charge < -0.3 is 19.7 Å². The number of carbonyl (C=O) groups excluding carboxylic acids is 1. The molecule has 0 aliphatic rings. The van der Waals surface area contributed by atoms with E-state index in [4.69, 9.17) is 9.47 Å². The lowest BCUT2D eigenvalue weighted by atomic mass is 10.1. The Labute approximate surface area is 142 Å². The van der Waals surface area contributed by atoms with Crippen LogP contribution in [0.4, 0.5) is 5.69 Å². The van der Waals surface area contributed by atoms with Crippen LogP contribution in [0.15, 0.2) is 24.4 Å². The van der Waals surface area contributed by atoms with Gasteiger partial charge in [-0.05, 0) is 26.0 Å². The molecule has 2 rings (SSSR count). The Hall–Kier alpha value is -2.34. The predicted molar refractivity (Wildman–Crippen MR) is 93.8 cm³/mol. The van der Waals surface area contributed by atoms with Crippen molar-refractivity contribution in [3.63, 3.8) is 0 Å². The average molecular weight is 333 g/mol. The third-order valence-corrected chi connectivity index (χ3v) is 3.63. The number of H-pyrrole nitrogens is 1. The number of carbonyl (C=O) groups is 1. The number of rotatable bonds is 8. The summed E-state index contributed by atoms with van der Waals surface area (Å²) in [6.45, 7) is 6.39. The number of anilines is 1. The monoisotopic (exact) mass is 333 g/mol. The fraction of sp³-hybridized carbons (Fsp3) is 0.444. The Morgan fingerprint density at radius 1 is 1.25 bits per heavy atom. The number of hydrogen-bond acceptors (Lipinski definition) is 4. The number of likely N-dealkylation sites (N-methyl/N-ethyl adjacent to an activating group) is 1. The van der Waals surface area contributed by atoms with E-state index < -0.39 is 0 Å². The summed E-state index contributed by atoms with van der Waals surface area (Å²) in [5, 5.41) is 4.32. The summed E-state index contributed by atoms with van der Waals surface area (Å²) in [5.41, 5.74) is 2.22. The van der Waals surface area contributed by atoms with Gasteiger partial charge in [-0.15, -0.1) is 0 Å². The van der Waals surface area contributed by atoms with Crippen LogP contribution in [0.1, 0.15) is 24.2 Å². The molecule has 0 amide bonds. The summed E-state index contributed by atoms with van der Waals surface area (Å²) in [6, 6.07) is 5.82. The molecule has 2 aromatic rings. The summed E-state index contributed by atoms with van der Waals surface area (Å²) >= 11 is 0. The predicted octanol–water partition coefficient (Wildman–Crippen LogP) is 0.786. The lowest BCUT2D eigenvalue weighted by molar-refractivity contribution is -0.856. The molecule has 0 saturated carbocycles. The maximum absolute atomic E-state index is 12.3. The van der Waals surface area contributed by atoms with Crippen LogP contribution < -0.4 is 19.9 Å². The van der Waals surface area contributed by atoms with E-state index >= 15 is 0 Å². The van der Waals surface area contributed by atoms with Crippen molar-refractivity contribution in [2.45, 2.75) is 13.8 Å². The Kier molecular flexibility index (Phi) is 6.37. The third-order valence-electron chi connectivity index (χ3n) is 3.63. The number of pyridine rings is 1. The van der Waals surface area contributed by atoms with Crippen LogP contribution in [0.3, 0.4) is 0 Å². The summed E-state index contributed by atoms with van der Waals surface area (Å²) in [7, 11) is 4.19. The van der Waals surface area contributed by atoms with Gasteiger partial charge in [-0.2, -0.15) is 0 Å². The largest absolute Gasteiger partial charge is 0.494 e. The fourth-order valence-corrected chi connectivity index (χ4v) is 2.48. The SMILES string of the molecule is CCOC(=O)c1c[nH+]c2ccc(OCC)cc2c1NCC[NH+](C)C. The van der Waals surface area contributed by atoms with Crippen LogP contribution in [0.25, 0.3) is 10.9 Å². The zero-order chi connectivity index (χ0) is 17.5. The standard InChI is InChI=1S/C18H25N3O3/c1-5-23-13-7-8-16-14(11-13)17(19-9-10-21(3)4)15(12-20-16)18(22)24-6-2/h7-8,11-12H,5-6,9-10H2,1-4H3,(H,19,20)/p+2. The Morgan fingerprint density at radius 2 is 2.04 bits per heavy atom. The highest BCUT2D eigenvalue weighted by Gasteiger charge is 2.20. The number of hydrogen-bond donors (Lipinski definition) is 2. The normalized spacial score (nSPS) is 10.9. The third kappa shape index (κ3) is 4.35. The highest BCUT2D eigenvalue weighted by atomic mass is 16.5. The number of aromatic nitrogens is 1. The van der Waals surface area contributed by atoms with Crippen molar-refractivity contribution in [1.82, 2.24) is 0 Å². The second kappa shape index (κ2) is 8.49. The van der Waals surface area contributed by atoms with E-state index in [-0.39, 0.29) is 5.97 Å². The van der Waals surface area contributed by atoms with E-state index in [0.29, 0.717) is 18.8 Å². The van der Waals surface area contributed by atoms with Crippen molar-refractivity contribution >= 4 is 22.6 Å². The van der Waals surface area contributed by atoms with Crippen LogP contribution >= 0.6 is 0 Å². The quantitative estimate of drug-likeness (QED) is 0.701. The first-order chi connectivity index (χ1) is 11.6. The molecule has 1 heterocycles. The first-order valence-electron chi connectivity index (χ1n) is 8.38. The van der Waals surface area contributed by atoms with Crippen LogP contribution in [0.5, 0.6) is 5.75 Å². The van der Waals surface area contributed by atoms with E-state index in [0.717, 1.165) is 35.4 Å². The highest BCUT2D eigenvalue weighted by molar-refractivity contribution is 6.04. The van der Waals surface area contributed by atoms with Crippen molar-refractivity contribution in [3.8, 4) is 5.75 Å². The van der Waals surface area contributed by atoms with Gasteiger partial charge in [0.1, 0.15) is 11.3 Å². The molecule has 1 aromatic heterocycles. The number of fused-ring (bicyclic) bond motifs is 1. The van der Waals surface area contributed by atoms with Gasteiger partial charge in [0.15, 0.2) is 6.20 Å². The maximum atomic E-state index is 12.3. The molecule has 6 nitrogen and oxygen atoms in total. The van der Waals surface area contributed by atoms with Crippen LogP contribution in [-0.4, -0.2) is 46.4 Å². The average Bonchev–Trinajstić information content (AvgIpc) is 2.55. The summed E-state index contributed by atoms with van der Waals surface area (Å²) < 4.78 is 10.8. The lowest BCUT2D eigenvalue weighted by Gasteiger charge is -2.13. The topological polar surface area (TPSA) is 66.1 Å². The fourth-order valence-electron chi connectivity index (χ4n) is 2.48. The minimum atomic E-state index is -0.336. The van der Waals surface area contributed by atoms with Crippen molar-refractivity contribution < 1.29 is 24.2 Å². The van der Waals surface area contributed by atoms with E-state index in [9.17, 15) is 4.79 Å². The van der Waals surface area contributed by atoms with Gasteiger partial charge in [0.2, 0.25) is 5.52 Å². The molecule has 0 radical (unpaired) electrons. The van der Waals surface area contributed by atoms with Gasteiger partial charge in [0.05, 0.1) is 51.5 Å². The van der Waals surface area contributed by atoms with Crippen LogP contribution in [0, 0.1) is 0 Å². The van der Waals surface area contributed by atoms with Crippen molar-refractivity contribution in [1.29, 1.82) is 0 Å². The number of benzene rings is 1. The molecule has 0 fully saturated rings. The molecule has 0 bridgehead atoms. The Balaban J connectivity index is 2.47. The van der Waals surface area contributed by atoms with Crippen molar-refractivity contribution in [3.05, 3.63) is 30.0 Å². The smallest absolute Gasteiger partial charge is 0.346 e. The number of aromatic amines is 1. The second-order valence-corrected chi connectivity index (χ2v) is 5.82. The minimum absolute atomic E-state index is 0.336. The number of quaternary nitrogens is 1. The van der Waals surface area contributed by atoms with Gasteiger partial charge in [-0.1, -0.05) is 0 Å². The molecule has 0 aliphatic carbocycles. The second-order valence-electron chi connectivity index (χ2n) is 5.82. The summed E-state index contributed by atoms with van der Waals surface area (Å²) in [6.07, 6.45) is 1.70. The van der Waals surface area contributed by atoms with E-state index in [2.05, 4.69) is 24.4 Å². The maximum Gasteiger partial charge on any atom is 0.346 e. The minimum Gasteiger partial charge on any atom is -0.494 e. The molecule has 0 spiro atoms. The highest BCUT2D eigenvalue weighted by Crippen LogP contribution is 2.28. The number of nitrogens with one attached hydrogen (secondary N) is 3. The van der Waals surface area contributed by atoms with Gasteiger partial charge in [-0.25, -0.2) is 9.78 Å². The number of esters is 1. The molecule has 0 atom stereocenters. The first-order valence-corrected chi connectivity index (χ1v) is 8.38. The lowest BCUT2D eigenvalue weighted by Crippen LogP contribution is -3.06. The van der Waals surface area contributed by atoms with E-state index in [1.54, 1.807) is 13.1 Å². The zero-order valence-electron chi connectivity index (χ0n) is 14.9. The molecular weight excluding hydrogens is 306 g/mol. The molecule has 0 unspecified atom stereocenters.